The van der Waals surface area contributed by atoms with Gasteiger partial charge in [0.15, 0.2) is 0 Å². The quantitative estimate of drug-likeness (QED) is 0.767. The summed E-state index contributed by atoms with van der Waals surface area (Å²) < 4.78 is 38.9. The number of benzene rings is 1. The van der Waals surface area contributed by atoms with Crippen LogP contribution in [0.3, 0.4) is 0 Å². The van der Waals surface area contributed by atoms with E-state index in [0.717, 1.165) is 10.0 Å². The van der Waals surface area contributed by atoms with Crippen LogP contribution in [0, 0.1) is 13.8 Å². The van der Waals surface area contributed by atoms with Gasteiger partial charge in [0.05, 0.1) is 5.69 Å². The number of aryl methyl sites for hydroxylation is 2. The molecule has 0 aliphatic carbocycles. The minimum Gasteiger partial charge on any atom is -0.230 e. The van der Waals surface area contributed by atoms with E-state index in [2.05, 4.69) is 25.9 Å². The molecule has 19 heavy (non-hydrogen) atoms. The number of rotatable bonds is 1. The fourth-order valence-corrected chi connectivity index (χ4v) is 2.06. The van der Waals surface area contributed by atoms with Gasteiger partial charge >= 0.3 is 6.18 Å². The molecule has 0 aliphatic heterocycles. The van der Waals surface area contributed by atoms with Crippen molar-refractivity contribution in [1.82, 2.24) is 9.97 Å². The molecule has 0 amide bonds. The largest absolute Gasteiger partial charge is 0.451 e. The molecular formula is C13H10BrF3N2. The lowest BCUT2D eigenvalue weighted by Gasteiger charge is -2.10. The minimum atomic E-state index is -4.54. The Morgan fingerprint density at radius 1 is 1.05 bits per heavy atom. The monoisotopic (exact) mass is 330 g/mol. The van der Waals surface area contributed by atoms with Gasteiger partial charge in [0.25, 0.3) is 0 Å². The van der Waals surface area contributed by atoms with Gasteiger partial charge in [-0.05, 0) is 37.6 Å². The van der Waals surface area contributed by atoms with Crippen LogP contribution in [-0.2, 0) is 6.18 Å². The first-order valence-electron chi connectivity index (χ1n) is 5.47. The van der Waals surface area contributed by atoms with E-state index in [1.54, 1.807) is 12.1 Å². The molecule has 1 heterocycles. The van der Waals surface area contributed by atoms with E-state index in [0.29, 0.717) is 5.56 Å². The molecule has 0 bridgehead atoms. The Labute approximate surface area is 116 Å². The Morgan fingerprint density at radius 3 is 2.37 bits per heavy atom. The number of hydrogen-bond donors (Lipinski definition) is 0. The molecule has 0 spiro atoms. The highest BCUT2D eigenvalue weighted by Gasteiger charge is 2.35. The summed E-state index contributed by atoms with van der Waals surface area (Å²) in [6, 6.07) is 6.95. The van der Waals surface area contributed by atoms with Crippen LogP contribution < -0.4 is 0 Å². The van der Waals surface area contributed by atoms with Crippen LogP contribution in [0.2, 0.25) is 0 Å². The van der Waals surface area contributed by atoms with Crippen LogP contribution in [0.4, 0.5) is 13.2 Å². The third-order valence-electron chi connectivity index (χ3n) is 2.58. The summed E-state index contributed by atoms with van der Waals surface area (Å²) in [4.78, 5) is 7.05. The first-order chi connectivity index (χ1) is 8.77. The van der Waals surface area contributed by atoms with Crippen LogP contribution in [-0.4, -0.2) is 9.97 Å². The van der Waals surface area contributed by atoms with E-state index >= 15 is 0 Å². The molecule has 2 rings (SSSR count). The van der Waals surface area contributed by atoms with E-state index < -0.39 is 12.0 Å². The summed E-state index contributed by atoms with van der Waals surface area (Å²) >= 11 is 3.30. The first kappa shape index (κ1) is 14.0. The van der Waals surface area contributed by atoms with Crippen molar-refractivity contribution in [2.45, 2.75) is 20.0 Å². The summed E-state index contributed by atoms with van der Waals surface area (Å²) in [6.07, 6.45) is -4.54. The molecule has 0 unspecified atom stereocenters. The minimum absolute atomic E-state index is 0.277. The van der Waals surface area contributed by atoms with Crippen LogP contribution in [0.25, 0.3) is 11.3 Å². The van der Waals surface area contributed by atoms with Crippen molar-refractivity contribution in [3.8, 4) is 11.3 Å². The third-order valence-corrected chi connectivity index (χ3v) is 3.08. The Balaban J connectivity index is 2.63. The maximum atomic E-state index is 12.7. The van der Waals surface area contributed by atoms with Crippen molar-refractivity contribution in [2.75, 3.05) is 0 Å². The average Bonchev–Trinajstić information content (AvgIpc) is 2.30. The number of hydrogen-bond acceptors (Lipinski definition) is 2. The lowest BCUT2D eigenvalue weighted by Crippen LogP contribution is -2.12. The third kappa shape index (κ3) is 3.12. The maximum absolute atomic E-state index is 12.7. The number of aromatic nitrogens is 2. The van der Waals surface area contributed by atoms with Crippen LogP contribution >= 0.6 is 15.9 Å². The molecule has 1 aromatic carbocycles. The van der Waals surface area contributed by atoms with Crippen molar-refractivity contribution >= 4 is 15.9 Å². The normalized spacial score (nSPS) is 11.7. The lowest BCUT2D eigenvalue weighted by atomic mass is 10.1. The molecule has 6 heteroatoms. The molecule has 0 saturated heterocycles. The Kier molecular flexibility index (Phi) is 3.62. The van der Waals surface area contributed by atoms with E-state index in [-0.39, 0.29) is 11.4 Å². The standard InChI is InChI=1S/C13H10BrF3N2/c1-7-3-4-9(14)6-10(7)11-5-8(2)18-12(19-11)13(15,16)17/h3-6H,1-2H3. The van der Waals surface area contributed by atoms with Gasteiger partial charge in [-0.1, -0.05) is 22.0 Å². The fourth-order valence-electron chi connectivity index (χ4n) is 1.70. The molecule has 100 valence electrons. The molecule has 0 fully saturated rings. The predicted octanol–water partition coefficient (Wildman–Crippen LogP) is 4.54. The van der Waals surface area contributed by atoms with Crippen LogP contribution in [0.15, 0.2) is 28.7 Å². The Bertz CT molecular complexity index is 624. The van der Waals surface area contributed by atoms with Gasteiger partial charge in [0, 0.05) is 15.7 Å². The highest BCUT2D eigenvalue weighted by molar-refractivity contribution is 9.10. The van der Waals surface area contributed by atoms with Gasteiger partial charge < -0.3 is 0 Å². The molecule has 0 aliphatic rings. The van der Waals surface area contributed by atoms with Crippen molar-refractivity contribution in [3.63, 3.8) is 0 Å². The molecule has 1 aromatic heterocycles. The topological polar surface area (TPSA) is 25.8 Å². The van der Waals surface area contributed by atoms with Gasteiger partial charge in [0.1, 0.15) is 0 Å². The number of nitrogens with zero attached hydrogens (tertiary/aromatic N) is 2. The predicted molar refractivity (Wildman–Crippen MR) is 69.6 cm³/mol. The second kappa shape index (κ2) is 4.92. The van der Waals surface area contributed by atoms with Gasteiger partial charge in [-0.2, -0.15) is 13.2 Å². The second-order valence-corrected chi connectivity index (χ2v) is 5.09. The smallest absolute Gasteiger partial charge is 0.230 e. The van der Waals surface area contributed by atoms with Crippen molar-refractivity contribution in [1.29, 1.82) is 0 Å². The Morgan fingerprint density at radius 2 is 1.74 bits per heavy atom. The lowest BCUT2D eigenvalue weighted by molar-refractivity contribution is -0.145. The van der Waals surface area contributed by atoms with Crippen LogP contribution in [0.5, 0.6) is 0 Å². The summed E-state index contributed by atoms with van der Waals surface area (Å²) in [7, 11) is 0. The number of halogens is 4. The summed E-state index contributed by atoms with van der Waals surface area (Å²) in [5, 5.41) is 0. The van der Waals surface area contributed by atoms with E-state index in [1.165, 1.54) is 6.92 Å². The zero-order valence-electron chi connectivity index (χ0n) is 10.2. The molecule has 2 nitrogen and oxygen atoms in total. The molecule has 0 N–H and O–H groups in total. The zero-order valence-corrected chi connectivity index (χ0v) is 11.8. The van der Waals surface area contributed by atoms with E-state index in [4.69, 9.17) is 0 Å². The summed E-state index contributed by atoms with van der Waals surface area (Å²) in [6.45, 7) is 3.35. The van der Waals surface area contributed by atoms with Gasteiger partial charge in [-0.25, -0.2) is 9.97 Å². The summed E-state index contributed by atoms with van der Waals surface area (Å²) in [5.41, 5.74) is 2.08. The second-order valence-electron chi connectivity index (χ2n) is 4.18. The average molecular weight is 331 g/mol. The number of alkyl halides is 3. The molecular weight excluding hydrogens is 321 g/mol. The van der Waals surface area contributed by atoms with E-state index in [1.807, 2.05) is 19.1 Å². The van der Waals surface area contributed by atoms with Gasteiger partial charge in [-0.15, -0.1) is 0 Å². The fraction of sp³-hybridized carbons (Fsp3) is 0.231. The molecule has 0 atom stereocenters. The highest BCUT2D eigenvalue weighted by atomic mass is 79.9. The van der Waals surface area contributed by atoms with Crippen LogP contribution in [0.1, 0.15) is 17.1 Å². The van der Waals surface area contributed by atoms with Crippen molar-refractivity contribution in [2.24, 2.45) is 0 Å². The van der Waals surface area contributed by atoms with Gasteiger partial charge in [0.2, 0.25) is 5.82 Å². The SMILES string of the molecule is Cc1cc(-c2cc(Br)ccc2C)nc(C(F)(F)F)n1. The molecule has 0 saturated carbocycles. The zero-order chi connectivity index (χ0) is 14.2. The van der Waals surface area contributed by atoms with E-state index in [9.17, 15) is 13.2 Å². The van der Waals surface area contributed by atoms with Crippen molar-refractivity contribution in [3.05, 3.63) is 45.8 Å². The molecule has 0 radical (unpaired) electrons. The van der Waals surface area contributed by atoms with Gasteiger partial charge in [-0.3, -0.25) is 0 Å². The molecule has 2 aromatic rings. The highest BCUT2D eigenvalue weighted by Crippen LogP contribution is 2.30. The summed E-state index contributed by atoms with van der Waals surface area (Å²) in [5.74, 6) is -1.11. The first-order valence-corrected chi connectivity index (χ1v) is 6.26. The maximum Gasteiger partial charge on any atom is 0.451 e. The Hall–Kier alpha value is -1.43. The van der Waals surface area contributed by atoms with Crippen molar-refractivity contribution < 1.29 is 13.2 Å².